The first kappa shape index (κ1) is 20.5. The van der Waals surface area contributed by atoms with Crippen molar-refractivity contribution >= 4 is 10.8 Å². The molecule has 0 amide bonds. The Balaban J connectivity index is 1.31. The second-order valence-electron chi connectivity index (χ2n) is 9.46. The molecule has 0 aliphatic heterocycles. The van der Waals surface area contributed by atoms with E-state index in [2.05, 4.69) is 49.1 Å². The maximum absolute atomic E-state index is 5.65. The molecule has 2 aliphatic carbocycles. The van der Waals surface area contributed by atoms with Gasteiger partial charge in [-0.15, -0.1) is 6.58 Å². The van der Waals surface area contributed by atoms with Crippen molar-refractivity contribution in [3.63, 3.8) is 0 Å². The average Bonchev–Trinajstić information content (AvgIpc) is 2.78. The van der Waals surface area contributed by atoms with E-state index in [0.717, 1.165) is 36.0 Å². The molecule has 2 aliphatic rings. The van der Waals surface area contributed by atoms with E-state index in [1.165, 1.54) is 75.0 Å². The van der Waals surface area contributed by atoms with Gasteiger partial charge in [0.1, 0.15) is 5.75 Å². The van der Waals surface area contributed by atoms with Gasteiger partial charge in [-0.05, 0) is 110 Å². The molecule has 2 aromatic carbocycles. The van der Waals surface area contributed by atoms with Gasteiger partial charge in [0.2, 0.25) is 0 Å². The smallest absolute Gasteiger partial charge is 0.119 e. The van der Waals surface area contributed by atoms with Crippen LogP contribution in [0, 0.1) is 17.8 Å². The van der Waals surface area contributed by atoms with E-state index in [1.807, 2.05) is 6.92 Å². The van der Waals surface area contributed by atoms with E-state index in [4.69, 9.17) is 4.74 Å². The zero-order valence-corrected chi connectivity index (χ0v) is 18.2. The Morgan fingerprint density at radius 2 is 1.52 bits per heavy atom. The first-order valence-corrected chi connectivity index (χ1v) is 12.0. The minimum Gasteiger partial charge on any atom is -0.494 e. The summed E-state index contributed by atoms with van der Waals surface area (Å²) in [5.74, 6) is 4.70. The molecule has 0 N–H and O–H groups in total. The normalized spacial score (nSPS) is 27.6. The Bertz CT molecular complexity index is 791. The summed E-state index contributed by atoms with van der Waals surface area (Å²) in [7, 11) is 0. The summed E-state index contributed by atoms with van der Waals surface area (Å²) in [6.07, 6.45) is 16.2. The van der Waals surface area contributed by atoms with Crippen molar-refractivity contribution in [1.29, 1.82) is 0 Å². The molecule has 2 fully saturated rings. The van der Waals surface area contributed by atoms with Gasteiger partial charge in [0.05, 0.1) is 6.61 Å². The minimum absolute atomic E-state index is 0.726. The molecule has 0 bridgehead atoms. The Labute approximate surface area is 177 Å². The molecule has 0 heterocycles. The van der Waals surface area contributed by atoms with Crippen molar-refractivity contribution in [2.24, 2.45) is 17.8 Å². The molecule has 1 heteroatoms. The molecular formula is C28H38O. The van der Waals surface area contributed by atoms with Crippen LogP contribution in [0.5, 0.6) is 5.75 Å². The highest BCUT2D eigenvalue weighted by Gasteiger charge is 2.31. The molecule has 0 unspecified atom stereocenters. The molecule has 0 radical (unpaired) electrons. The number of allylic oxidation sites excluding steroid dienone is 1. The Hall–Kier alpha value is -1.76. The lowest BCUT2D eigenvalue weighted by atomic mass is 9.68. The molecule has 0 spiro atoms. The second-order valence-corrected chi connectivity index (χ2v) is 9.46. The summed E-state index contributed by atoms with van der Waals surface area (Å²) in [5.41, 5.74) is 1.55. The van der Waals surface area contributed by atoms with Crippen molar-refractivity contribution in [3.05, 3.63) is 54.6 Å². The summed E-state index contributed by atoms with van der Waals surface area (Å²) in [4.78, 5) is 0. The third-order valence-corrected chi connectivity index (χ3v) is 7.73. The highest BCUT2D eigenvalue weighted by molar-refractivity contribution is 5.84. The number of rotatable bonds is 7. The van der Waals surface area contributed by atoms with Crippen molar-refractivity contribution in [3.8, 4) is 5.75 Å². The largest absolute Gasteiger partial charge is 0.494 e. The summed E-state index contributed by atoms with van der Waals surface area (Å²) >= 11 is 0. The van der Waals surface area contributed by atoms with Crippen LogP contribution in [-0.4, -0.2) is 6.61 Å². The van der Waals surface area contributed by atoms with E-state index < -0.39 is 0 Å². The Morgan fingerprint density at radius 1 is 0.862 bits per heavy atom. The quantitative estimate of drug-likeness (QED) is 0.432. The van der Waals surface area contributed by atoms with Crippen molar-refractivity contribution in [2.75, 3.05) is 6.61 Å². The fourth-order valence-corrected chi connectivity index (χ4v) is 5.98. The van der Waals surface area contributed by atoms with E-state index in [0.29, 0.717) is 0 Å². The van der Waals surface area contributed by atoms with E-state index in [9.17, 15) is 0 Å². The lowest BCUT2D eigenvalue weighted by Gasteiger charge is -2.38. The van der Waals surface area contributed by atoms with Crippen LogP contribution >= 0.6 is 0 Å². The van der Waals surface area contributed by atoms with Crippen LogP contribution in [0.15, 0.2) is 49.1 Å². The monoisotopic (exact) mass is 390 g/mol. The van der Waals surface area contributed by atoms with Gasteiger partial charge in [0.15, 0.2) is 0 Å². The summed E-state index contributed by atoms with van der Waals surface area (Å²) in [6, 6.07) is 13.6. The molecule has 1 nitrogen and oxygen atoms in total. The van der Waals surface area contributed by atoms with Gasteiger partial charge >= 0.3 is 0 Å². The zero-order valence-electron chi connectivity index (χ0n) is 18.2. The summed E-state index contributed by atoms with van der Waals surface area (Å²) < 4.78 is 5.65. The molecular weight excluding hydrogens is 352 g/mol. The zero-order chi connectivity index (χ0) is 20.1. The average molecular weight is 391 g/mol. The number of fused-ring (bicyclic) bond motifs is 1. The van der Waals surface area contributed by atoms with Crippen molar-refractivity contribution < 1.29 is 4.74 Å². The molecule has 2 aromatic rings. The maximum atomic E-state index is 5.65. The molecule has 29 heavy (non-hydrogen) atoms. The third-order valence-electron chi connectivity index (χ3n) is 7.73. The van der Waals surface area contributed by atoms with Gasteiger partial charge < -0.3 is 4.74 Å². The van der Waals surface area contributed by atoms with Crippen LogP contribution in [0.25, 0.3) is 10.8 Å². The summed E-state index contributed by atoms with van der Waals surface area (Å²) in [5, 5.41) is 2.65. The van der Waals surface area contributed by atoms with Crippen molar-refractivity contribution in [1.82, 2.24) is 0 Å². The first-order valence-electron chi connectivity index (χ1n) is 12.0. The van der Waals surface area contributed by atoms with Gasteiger partial charge in [-0.1, -0.05) is 43.2 Å². The Kier molecular flexibility index (Phi) is 6.95. The SMILES string of the molecule is C=CCCC1CCC(C2CCC(c3ccc4cc(OCC)ccc4c3)CC2)CC1. The Morgan fingerprint density at radius 3 is 2.21 bits per heavy atom. The van der Waals surface area contributed by atoms with Gasteiger partial charge in [-0.25, -0.2) is 0 Å². The van der Waals surface area contributed by atoms with E-state index in [1.54, 1.807) is 5.56 Å². The fraction of sp³-hybridized carbons (Fsp3) is 0.571. The van der Waals surface area contributed by atoms with Crippen LogP contribution in [0.2, 0.25) is 0 Å². The summed E-state index contributed by atoms with van der Waals surface area (Å²) in [6.45, 7) is 6.65. The van der Waals surface area contributed by atoms with Crippen LogP contribution < -0.4 is 4.74 Å². The molecule has 4 rings (SSSR count). The van der Waals surface area contributed by atoms with Crippen LogP contribution in [0.1, 0.15) is 82.6 Å². The predicted octanol–water partition coefficient (Wildman–Crippen LogP) is 8.28. The molecule has 2 saturated carbocycles. The second kappa shape index (κ2) is 9.83. The number of hydrogen-bond donors (Lipinski definition) is 0. The van der Waals surface area contributed by atoms with Gasteiger partial charge in [-0.3, -0.25) is 0 Å². The maximum Gasteiger partial charge on any atom is 0.119 e. The van der Waals surface area contributed by atoms with Gasteiger partial charge in [0.25, 0.3) is 0 Å². The van der Waals surface area contributed by atoms with Crippen LogP contribution in [0.4, 0.5) is 0 Å². The van der Waals surface area contributed by atoms with Crippen LogP contribution in [-0.2, 0) is 0 Å². The van der Waals surface area contributed by atoms with Gasteiger partial charge in [0, 0.05) is 0 Å². The first-order chi connectivity index (χ1) is 14.3. The lowest BCUT2D eigenvalue weighted by Crippen LogP contribution is -2.25. The van der Waals surface area contributed by atoms with Crippen molar-refractivity contribution in [2.45, 2.75) is 77.0 Å². The minimum atomic E-state index is 0.726. The van der Waals surface area contributed by atoms with Gasteiger partial charge in [-0.2, -0.15) is 0 Å². The standard InChI is InChI=1S/C28H38O/c1-3-5-6-21-7-9-22(10-8-21)23-11-13-24(14-12-23)25-15-16-27-20-28(29-4-2)18-17-26(27)19-25/h3,15-24H,1,4-14H2,2H3. The topological polar surface area (TPSA) is 9.23 Å². The molecule has 0 aromatic heterocycles. The highest BCUT2D eigenvalue weighted by atomic mass is 16.5. The third kappa shape index (κ3) is 5.05. The number of hydrogen-bond acceptors (Lipinski definition) is 1. The predicted molar refractivity (Wildman–Crippen MR) is 125 cm³/mol. The molecule has 156 valence electrons. The lowest BCUT2D eigenvalue weighted by molar-refractivity contribution is 0.157. The van der Waals surface area contributed by atoms with E-state index >= 15 is 0 Å². The van der Waals surface area contributed by atoms with Crippen LogP contribution in [0.3, 0.4) is 0 Å². The number of benzene rings is 2. The van der Waals surface area contributed by atoms with E-state index in [-0.39, 0.29) is 0 Å². The number of ether oxygens (including phenoxy) is 1. The molecule has 0 saturated heterocycles. The molecule has 0 atom stereocenters. The fourth-order valence-electron chi connectivity index (χ4n) is 5.98. The highest BCUT2D eigenvalue weighted by Crippen LogP contribution is 2.44.